The van der Waals surface area contributed by atoms with Crippen molar-refractivity contribution in [3.8, 4) is 0 Å². The van der Waals surface area contributed by atoms with Crippen LogP contribution < -0.4 is 9.62 Å². The summed E-state index contributed by atoms with van der Waals surface area (Å²) >= 11 is 6.22. The first kappa shape index (κ1) is 27.7. The van der Waals surface area contributed by atoms with Crippen LogP contribution >= 0.6 is 11.6 Å². The Bertz CT molecular complexity index is 1080. The van der Waals surface area contributed by atoms with E-state index >= 15 is 0 Å². The van der Waals surface area contributed by atoms with E-state index in [-0.39, 0.29) is 12.5 Å². The van der Waals surface area contributed by atoms with Crippen molar-refractivity contribution < 1.29 is 18.0 Å². The van der Waals surface area contributed by atoms with Gasteiger partial charge >= 0.3 is 0 Å². The standard InChI is InChI=1S/C25H34ClN3O4S/c1-5-15-27-25(31)23(6-2)28(16-14-20-10-8-7-9-11-20)24(30)18-29(34(4,32)33)21-13-12-19(3)22(26)17-21/h7-13,17,23H,5-6,14-16,18H2,1-4H3,(H,27,31)/t23-/m0/s1. The Morgan fingerprint density at radius 1 is 1.09 bits per heavy atom. The Hall–Kier alpha value is -2.58. The summed E-state index contributed by atoms with van der Waals surface area (Å²) in [6.45, 7) is 5.97. The van der Waals surface area contributed by atoms with E-state index in [0.29, 0.717) is 30.1 Å². The lowest BCUT2D eigenvalue weighted by molar-refractivity contribution is -0.139. The van der Waals surface area contributed by atoms with Gasteiger partial charge in [0.2, 0.25) is 21.8 Å². The van der Waals surface area contributed by atoms with E-state index in [1.165, 1.54) is 11.0 Å². The van der Waals surface area contributed by atoms with Crippen LogP contribution in [0.2, 0.25) is 5.02 Å². The third kappa shape index (κ3) is 7.74. The molecule has 2 aromatic rings. The molecule has 0 saturated heterocycles. The molecule has 34 heavy (non-hydrogen) atoms. The summed E-state index contributed by atoms with van der Waals surface area (Å²) in [7, 11) is -3.78. The molecule has 0 unspecified atom stereocenters. The monoisotopic (exact) mass is 507 g/mol. The van der Waals surface area contributed by atoms with Gasteiger partial charge in [-0.15, -0.1) is 0 Å². The molecule has 0 heterocycles. The molecular weight excluding hydrogens is 474 g/mol. The average Bonchev–Trinajstić information content (AvgIpc) is 2.80. The molecular formula is C25H34ClN3O4S. The number of rotatable bonds is 12. The molecule has 2 amide bonds. The van der Waals surface area contributed by atoms with Gasteiger partial charge in [0.1, 0.15) is 12.6 Å². The highest BCUT2D eigenvalue weighted by Gasteiger charge is 2.31. The highest BCUT2D eigenvalue weighted by atomic mass is 35.5. The van der Waals surface area contributed by atoms with Gasteiger partial charge in [-0.3, -0.25) is 13.9 Å². The predicted molar refractivity (Wildman–Crippen MR) is 138 cm³/mol. The summed E-state index contributed by atoms with van der Waals surface area (Å²) in [5.74, 6) is -0.688. The smallest absolute Gasteiger partial charge is 0.244 e. The first-order valence-electron chi connectivity index (χ1n) is 11.4. The van der Waals surface area contributed by atoms with E-state index in [9.17, 15) is 18.0 Å². The van der Waals surface area contributed by atoms with Crippen LogP contribution in [0, 0.1) is 6.92 Å². The summed E-state index contributed by atoms with van der Waals surface area (Å²) in [6, 6.07) is 13.8. The third-order valence-corrected chi connectivity index (χ3v) is 7.09. The van der Waals surface area contributed by atoms with E-state index in [1.807, 2.05) is 51.1 Å². The maximum absolute atomic E-state index is 13.5. The maximum atomic E-state index is 13.5. The number of aryl methyl sites for hydroxylation is 1. The fourth-order valence-corrected chi connectivity index (χ4v) is 4.63. The number of sulfonamides is 1. The molecule has 2 aromatic carbocycles. The fourth-order valence-electron chi connectivity index (χ4n) is 3.61. The van der Waals surface area contributed by atoms with Crippen molar-refractivity contribution in [1.82, 2.24) is 10.2 Å². The van der Waals surface area contributed by atoms with Gasteiger partial charge in [0.25, 0.3) is 0 Å². The van der Waals surface area contributed by atoms with E-state index < -0.39 is 28.5 Å². The van der Waals surface area contributed by atoms with Gasteiger partial charge in [-0.25, -0.2) is 8.42 Å². The number of halogens is 1. The SMILES string of the molecule is CCCNC(=O)[C@H](CC)N(CCc1ccccc1)C(=O)CN(c1ccc(C)c(Cl)c1)S(C)(=O)=O. The quantitative estimate of drug-likeness (QED) is 0.473. The minimum absolute atomic E-state index is 0.241. The lowest BCUT2D eigenvalue weighted by Gasteiger charge is -2.33. The zero-order chi connectivity index (χ0) is 25.3. The summed E-state index contributed by atoms with van der Waals surface area (Å²) in [6.07, 6.45) is 2.77. The van der Waals surface area contributed by atoms with Crippen LogP contribution in [0.15, 0.2) is 48.5 Å². The molecule has 0 saturated carbocycles. The lowest BCUT2D eigenvalue weighted by atomic mass is 10.1. The number of nitrogens with one attached hydrogen (secondary N) is 1. The summed E-state index contributed by atoms with van der Waals surface area (Å²) < 4.78 is 26.3. The van der Waals surface area contributed by atoms with Crippen molar-refractivity contribution >= 4 is 39.1 Å². The van der Waals surface area contributed by atoms with Crippen molar-refractivity contribution in [1.29, 1.82) is 0 Å². The number of hydrogen-bond acceptors (Lipinski definition) is 4. The molecule has 0 aromatic heterocycles. The van der Waals surface area contributed by atoms with Crippen LogP contribution in [0.25, 0.3) is 0 Å². The zero-order valence-corrected chi connectivity index (χ0v) is 21.8. The van der Waals surface area contributed by atoms with Crippen LogP contribution in [0.3, 0.4) is 0 Å². The first-order valence-corrected chi connectivity index (χ1v) is 13.7. The largest absolute Gasteiger partial charge is 0.354 e. The summed E-state index contributed by atoms with van der Waals surface area (Å²) in [5.41, 5.74) is 2.13. The number of carbonyl (C=O) groups is 2. The molecule has 0 spiro atoms. The maximum Gasteiger partial charge on any atom is 0.244 e. The minimum atomic E-state index is -3.78. The normalized spacial score (nSPS) is 12.1. The van der Waals surface area contributed by atoms with Gasteiger partial charge in [0, 0.05) is 18.1 Å². The fraction of sp³-hybridized carbons (Fsp3) is 0.440. The van der Waals surface area contributed by atoms with Crippen molar-refractivity contribution in [3.05, 3.63) is 64.7 Å². The van der Waals surface area contributed by atoms with Gasteiger partial charge in [-0.05, 0) is 49.4 Å². The molecule has 0 aliphatic rings. The van der Waals surface area contributed by atoms with Gasteiger partial charge in [-0.1, -0.05) is 61.8 Å². The third-order valence-electron chi connectivity index (χ3n) is 5.54. The zero-order valence-electron chi connectivity index (χ0n) is 20.3. The number of benzene rings is 2. The molecule has 0 bridgehead atoms. The van der Waals surface area contributed by atoms with Gasteiger partial charge in [-0.2, -0.15) is 0 Å². The van der Waals surface area contributed by atoms with Crippen LogP contribution in [0.1, 0.15) is 37.8 Å². The number of nitrogens with zero attached hydrogens (tertiary/aromatic N) is 2. The predicted octanol–water partition coefficient (Wildman–Crippen LogP) is 3.79. The second-order valence-electron chi connectivity index (χ2n) is 8.24. The van der Waals surface area contributed by atoms with E-state index in [1.54, 1.807) is 12.1 Å². The van der Waals surface area contributed by atoms with Crippen molar-refractivity contribution in [2.45, 2.75) is 46.1 Å². The Morgan fingerprint density at radius 3 is 2.32 bits per heavy atom. The topological polar surface area (TPSA) is 86.8 Å². The molecule has 0 fully saturated rings. The molecule has 1 N–H and O–H groups in total. The molecule has 0 aliphatic carbocycles. The molecule has 7 nitrogen and oxygen atoms in total. The van der Waals surface area contributed by atoms with E-state index in [4.69, 9.17) is 11.6 Å². The van der Waals surface area contributed by atoms with Crippen LogP contribution in [0.5, 0.6) is 0 Å². The number of anilines is 1. The molecule has 2 rings (SSSR count). The lowest BCUT2D eigenvalue weighted by Crippen LogP contribution is -2.53. The van der Waals surface area contributed by atoms with Gasteiger partial charge in [0.05, 0.1) is 11.9 Å². The summed E-state index contributed by atoms with van der Waals surface area (Å²) in [5, 5.41) is 3.27. The average molecular weight is 508 g/mol. The second kappa shape index (κ2) is 12.8. The molecule has 0 radical (unpaired) electrons. The Morgan fingerprint density at radius 2 is 1.76 bits per heavy atom. The van der Waals surface area contributed by atoms with E-state index in [0.717, 1.165) is 28.1 Å². The second-order valence-corrected chi connectivity index (χ2v) is 10.6. The van der Waals surface area contributed by atoms with Crippen LogP contribution in [-0.2, 0) is 26.0 Å². The van der Waals surface area contributed by atoms with Gasteiger partial charge < -0.3 is 10.2 Å². The minimum Gasteiger partial charge on any atom is -0.354 e. The van der Waals surface area contributed by atoms with E-state index in [2.05, 4.69) is 5.32 Å². The van der Waals surface area contributed by atoms with Crippen LogP contribution in [-0.4, -0.2) is 57.1 Å². The van der Waals surface area contributed by atoms with Crippen molar-refractivity contribution in [2.75, 3.05) is 30.2 Å². The number of hydrogen-bond donors (Lipinski definition) is 1. The number of amides is 2. The summed E-state index contributed by atoms with van der Waals surface area (Å²) in [4.78, 5) is 27.9. The Labute approximate surface area is 208 Å². The Balaban J connectivity index is 2.36. The highest BCUT2D eigenvalue weighted by molar-refractivity contribution is 7.92. The van der Waals surface area contributed by atoms with Crippen LogP contribution in [0.4, 0.5) is 5.69 Å². The molecule has 1 atom stereocenters. The molecule has 9 heteroatoms. The van der Waals surface area contributed by atoms with Crippen molar-refractivity contribution in [2.24, 2.45) is 0 Å². The molecule has 0 aliphatic heterocycles. The Kier molecular flexibility index (Phi) is 10.4. The number of carbonyl (C=O) groups excluding carboxylic acids is 2. The van der Waals surface area contributed by atoms with Gasteiger partial charge in [0.15, 0.2) is 0 Å². The highest BCUT2D eigenvalue weighted by Crippen LogP contribution is 2.25. The molecule has 186 valence electrons. The van der Waals surface area contributed by atoms with Crippen molar-refractivity contribution in [3.63, 3.8) is 0 Å². The first-order chi connectivity index (χ1) is 16.1.